The number of rotatable bonds is 2. The molecular weight excluding hydrogens is 290 g/mol. The van der Waals surface area contributed by atoms with E-state index in [9.17, 15) is 9.59 Å². The smallest absolute Gasteiger partial charge is 0.334 e. The molecule has 1 aromatic carbocycles. The molecule has 1 saturated heterocycles. The molecule has 1 amide bonds. The quantitative estimate of drug-likeness (QED) is 0.869. The lowest BCUT2D eigenvalue weighted by atomic mass is 10.1. The van der Waals surface area contributed by atoms with Gasteiger partial charge in [-0.1, -0.05) is 0 Å². The predicted octanol–water partition coefficient (Wildman–Crippen LogP) is 0.773. The van der Waals surface area contributed by atoms with E-state index in [1.54, 1.807) is 18.2 Å². The Morgan fingerprint density at radius 1 is 1.14 bits per heavy atom. The molecule has 0 saturated carbocycles. The van der Waals surface area contributed by atoms with Gasteiger partial charge in [0.2, 0.25) is 0 Å². The van der Waals surface area contributed by atoms with E-state index in [2.05, 4.69) is 0 Å². The van der Waals surface area contributed by atoms with Gasteiger partial charge in [0, 0.05) is 18.5 Å². The molecule has 2 aliphatic rings. The van der Waals surface area contributed by atoms with Crippen LogP contribution in [-0.4, -0.2) is 60.9 Å². The lowest BCUT2D eigenvalue weighted by Gasteiger charge is -2.31. The topological polar surface area (TPSA) is 85.3 Å². The Bertz CT molecular complexity index is 587. The number of nitrogens with zero attached hydrogens (tertiary/aromatic N) is 1. The van der Waals surface area contributed by atoms with Crippen LogP contribution >= 0.6 is 0 Å². The molecule has 7 heteroatoms. The number of fused-ring (bicyclic) bond motifs is 1. The maximum Gasteiger partial charge on any atom is 0.334 e. The number of aliphatic carboxylic acids is 1. The molecule has 3 rings (SSSR count). The number of ether oxygens (including phenoxy) is 3. The number of hydrogen-bond donors (Lipinski definition) is 1. The van der Waals surface area contributed by atoms with Crippen LogP contribution in [0.1, 0.15) is 16.8 Å². The summed E-state index contributed by atoms with van der Waals surface area (Å²) in [6.07, 6.45) is -0.181. The van der Waals surface area contributed by atoms with E-state index in [0.717, 1.165) is 6.42 Å². The van der Waals surface area contributed by atoms with E-state index in [1.807, 2.05) is 0 Å². The number of morpholine rings is 1. The van der Waals surface area contributed by atoms with Gasteiger partial charge in [-0.15, -0.1) is 0 Å². The Morgan fingerprint density at radius 3 is 2.68 bits per heavy atom. The van der Waals surface area contributed by atoms with E-state index >= 15 is 0 Å². The Balaban J connectivity index is 1.77. The van der Waals surface area contributed by atoms with Gasteiger partial charge in [0.1, 0.15) is 0 Å². The monoisotopic (exact) mass is 307 g/mol. The predicted molar refractivity (Wildman–Crippen MR) is 75.3 cm³/mol. The van der Waals surface area contributed by atoms with Crippen molar-refractivity contribution in [2.45, 2.75) is 12.5 Å². The van der Waals surface area contributed by atoms with Gasteiger partial charge in [0.05, 0.1) is 26.4 Å². The molecule has 0 aliphatic carbocycles. The summed E-state index contributed by atoms with van der Waals surface area (Å²) in [7, 11) is 0. The number of carbonyl (C=O) groups is 2. The zero-order chi connectivity index (χ0) is 15.5. The van der Waals surface area contributed by atoms with Crippen LogP contribution in [0.5, 0.6) is 11.5 Å². The molecule has 0 unspecified atom stereocenters. The fourth-order valence-corrected chi connectivity index (χ4v) is 2.46. The first-order chi connectivity index (χ1) is 10.6. The van der Waals surface area contributed by atoms with Crippen molar-refractivity contribution < 1.29 is 28.9 Å². The van der Waals surface area contributed by atoms with Crippen molar-refractivity contribution in [1.29, 1.82) is 0 Å². The van der Waals surface area contributed by atoms with Crippen LogP contribution < -0.4 is 9.47 Å². The largest absolute Gasteiger partial charge is 0.490 e. The van der Waals surface area contributed by atoms with Crippen molar-refractivity contribution in [3.05, 3.63) is 23.8 Å². The molecule has 7 nitrogen and oxygen atoms in total. The summed E-state index contributed by atoms with van der Waals surface area (Å²) in [5, 5.41) is 9.00. The van der Waals surface area contributed by atoms with Crippen LogP contribution in [0.3, 0.4) is 0 Å². The highest BCUT2D eigenvalue weighted by atomic mass is 16.5. The zero-order valence-corrected chi connectivity index (χ0v) is 12.0. The molecule has 1 fully saturated rings. The van der Waals surface area contributed by atoms with Crippen molar-refractivity contribution in [3.8, 4) is 11.5 Å². The van der Waals surface area contributed by atoms with Crippen molar-refractivity contribution in [1.82, 2.24) is 4.90 Å². The Labute approximate surface area is 127 Å². The van der Waals surface area contributed by atoms with E-state index in [0.29, 0.717) is 36.8 Å². The fourth-order valence-electron chi connectivity index (χ4n) is 2.46. The number of carbonyl (C=O) groups excluding carboxylic acids is 1. The van der Waals surface area contributed by atoms with Crippen molar-refractivity contribution in [2.75, 3.05) is 32.9 Å². The second-order valence-corrected chi connectivity index (χ2v) is 5.16. The van der Waals surface area contributed by atoms with E-state index in [1.165, 1.54) is 4.90 Å². The third-order valence-corrected chi connectivity index (χ3v) is 3.62. The fraction of sp³-hybridized carbons (Fsp3) is 0.467. The molecule has 0 spiro atoms. The molecule has 118 valence electrons. The van der Waals surface area contributed by atoms with Crippen molar-refractivity contribution in [2.24, 2.45) is 0 Å². The SMILES string of the molecule is O=C(O)[C@@H]1CN(C(=O)c2ccc3c(c2)OCCCO3)CCO1. The van der Waals surface area contributed by atoms with Crippen LogP contribution in [0.4, 0.5) is 0 Å². The number of carboxylic acids is 1. The average Bonchev–Trinajstić information content (AvgIpc) is 2.78. The van der Waals surface area contributed by atoms with Crippen LogP contribution in [0.2, 0.25) is 0 Å². The van der Waals surface area contributed by atoms with E-state index in [-0.39, 0.29) is 19.1 Å². The lowest BCUT2D eigenvalue weighted by molar-refractivity contribution is -0.154. The average molecular weight is 307 g/mol. The highest BCUT2D eigenvalue weighted by Crippen LogP contribution is 2.31. The number of benzene rings is 1. The first-order valence-corrected chi connectivity index (χ1v) is 7.18. The Morgan fingerprint density at radius 2 is 1.91 bits per heavy atom. The minimum atomic E-state index is -1.06. The molecule has 0 radical (unpaired) electrons. The molecule has 2 heterocycles. The summed E-state index contributed by atoms with van der Waals surface area (Å²) < 4.78 is 16.2. The maximum absolute atomic E-state index is 12.5. The minimum absolute atomic E-state index is 0.0443. The molecule has 0 bridgehead atoms. The van der Waals surface area contributed by atoms with Gasteiger partial charge in [0.15, 0.2) is 17.6 Å². The van der Waals surface area contributed by atoms with Gasteiger partial charge in [0.25, 0.3) is 5.91 Å². The molecule has 1 atom stereocenters. The van der Waals surface area contributed by atoms with Gasteiger partial charge in [-0.25, -0.2) is 4.79 Å². The number of amides is 1. The second-order valence-electron chi connectivity index (χ2n) is 5.16. The van der Waals surface area contributed by atoms with Crippen LogP contribution in [-0.2, 0) is 9.53 Å². The lowest BCUT2D eigenvalue weighted by Crippen LogP contribution is -2.48. The van der Waals surface area contributed by atoms with E-state index < -0.39 is 12.1 Å². The number of carboxylic acid groups (broad SMARTS) is 1. The van der Waals surface area contributed by atoms with Crippen molar-refractivity contribution in [3.63, 3.8) is 0 Å². The number of hydrogen-bond acceptors (Lipinski definition) is 5. The summed E-state index contributed by atoms with van der Waals surface area (Å²) in [5.41, 5.74) is 0.454. The maximum atomic E-state index is 12.5. The molecular formula is C15H17NO6. The van der Waals surface area contributed by atoms with Crippen LogP contribution in [0, 0.1) is 0 Å². The van der Waals surface area contributed by atoms with Gasteiger partial charge in [-0.05, 0) is 18.2 Å². The van der Waals surface area contributed by atoms with Crippen LogP contribution in [0.25, 0.3) is 0 Å². The van der Waals surface area contributed by atoms with Crippen molar-refractivity contribution >= 4 is 11.9 Å². The van der Waals surface area contributed by atoms with E-state index in [4.69, 9.17) is 19.3 Å². The summed E-state index contributed by atoms with van der Waals surface area (Å²) >= 11 is 0. The standard InChI is InChI=1S/C15H17NO6/c17-14(16-4-7-22-13(9-16)15(18)19)10-2-3-11-12(8-10)21-6-1-5-20-11/h2-3,8,13H,1,4-7,9H2,(H,18,19)/t13-/m0/s1. The third-order valence-electron chi connectivity index (χ3n) is 3.62. The highest BCUT2D eigenvalue weighted by molar-refractivity contribution is 5.95. The molecule has 1 N–H and O–H groups in total. The minimum Gasteiger partial charge on any atom is -0.490 e. The van der Waals surface area contributed by atoms with Gasteiger partial charge < -0.3 is 24.2 Å². The first kappa shape index (κ1) is 14.6. The highest BCUT2D eigenvalue weighted by Gasteiger charge is 2.29. The Kier molecular flexibility index (Phi) is 4.15. The Hall–Kier alpha value is -2.28. The third kappa shape index (κ3) is 2.99. The zero-order valence-electron chi connectivity index (χ0n) is 12.0. The summed E-state index contributed by atoms with van der Waals surface area (Å²) in [6, 6.07) is 5.03. The molecule has 0 aromatic heterocycles. The summed E-state index contributed by atoms with van der Waals surface area (Å²) in [4.78, 5) is 25.0. The normalized spacial score (nSPS) is 21.1. The molecule has 2 aliphatic heterocycles. The summed E-state index contributed by atoms with van der Waals surface area (Å²) in [6.45, 7) is 1.76. The second kappa shape index (κ2) is 6.23. The van der Waals surface area contributed by atoms with Crippen LogP contribution in [0.15, 0.2) is 18.2 Å². The van der Waals surface area contributed by atoms with Gasteiger partial charge >= 0.3 is 5.97 Å². The molecule has 1 aromatic rings. The summed E-state index contributed by atoms with van der Waals surface area (Å²) in [5.74, 6) is -0.118. The van der Waals surface area contributed by atoms with Gasteiger partial charge in [-0.3, -0.25) is 4.79 Å². The van der Waals surface area contributed by atoms with Gasteiger partial charge in [-0.2, -0.15) is 0 Å². The molecule has 22 heavy (non-hydrogen) atoms. The first-order valence-electron chi connectivity index (χ1n) is 7.18.